The molecular weight excluding hydrogens is 399 g/mol. The van der Waals surface area contributed by atoms with E-state index in [0.29, 0.717) is 18.9 Å². The average molecular weight is 422 g/mol. The normalized spacial score (nSPS) is 16.4. The Bertz CT molecular complexity index is 758. The molecule has 27 heavy (non-hydrogen) atoms. The SMILES string of the molecule is Cl.Cl.NCC1CCCCN1C(=O)CCc1ncc(-c2ccc(F)cc2F)o1. The maximum Gasteiger partial charge on any atom is 0.223 e. The van der Waals surface area contributed by atoms with Gasteiger partial charge in [-0.15, -0.1) is 24.8 Å². The first-order valence-corrected chi connectivity index (χ1v) is 8.48. The van der Waals surface area contributed by atoms with E-state index in [1.54, 1.807) is 0 Å². The molecule has 1 aromatic heterocycles. The first-order chi connectivity index (χ1) is 12.1. The predicted molar refractivity (Wildman–Crippen MR) is 103 cm³/mol. The zero-order valence-corrected chi connectivity index (χ0v) is 16.3. The molecule has 0 bridgehead atoms. The summed E-state index contributed by atoms with van der Waals surface area (Å²) in [5.74, 6) is -0.755. The lowest BCUT2D eigenvalue weighted by molar-refractivity contribution is -0.134. The number of halogens is 4. The summed E-state index contributed by atoms with van der Waals surface area (Å²) in [4.78, 5) is 18.3. The molecule has 1 amide bonds. The Balaban J connectivity index is 0.00000182. The molecule has 1 saturated heterocycles. The molecule has 2 N–H and O–H groups in total. The van der Waals surface area contributed by atoms with Gasteiger partial charge in [0.05, 0.1) is 11.8 Å². The van der Waals surface area contributed by atoms with Gasteiger partial charge in [0.2, 0.25) is 5.91 Å². The molecular formula is C18H23Cl2F2N3O2. The van der Waals surface area contributed by atoms with E-state index >= 15 is 0 Å². The molecule has 1 unspecified atom stereocenters. The molecule has 2 aromatic rings. The monoisotopic (exact) mass is 421 g/mol. The van der Waals surface area contributed by atoms with Crippen molar-refractivity contribution in [3.8, 4) is 11.3 Å². The number of carbonyl (C=O) groups excluding carboxylic acids is 1. The number of hydrogen-bond donors (Lipinski definition) is 1. The summed E-state index contributed by atoms with van der Waals surface area (Å²) in [7, 11) is 0. The minimum absolute atomic E-state index is 0. The van der Waals surface area contributed by atoms with Crippen LogP contribution >= 0.6 is 24.8 Å². The van der Waals surface area contributed by atoms with Gasteiger partial charge in [-0.3, -0.25) is 4.79 Å². The number of aryl methyl sites for hydroxylation is 1. The van der Waals surface area contributed by atoms with E-state index < -0.39 is 11.6 Å². The highest BCUT2D eigenvalue weighted by Gasteiger charge is 2.25. The lowest BCUT2D eigenvalue weighted by Gasteiger charge is -2.35. The smallest absolute Gasteiger partial charge is 0.223 e. The Kier molecular flexibility index (Phi) is 9.15. The van der Waals surface area contributed by atoms with Gasteiger partial charge in [-0.05, 0) is 31.4 Å². The maximum atomic E-state index is 13.8. The highest BCUT2D eigenvalue weighted by atomic mass is 35.5. The molecule has 150 valence electrons. The Hall–Kier alpha value is -1.70. The van der Waals surface area contributed by atoms with Crippen molar-refractivity contribution in [1.82, 2.24) is 9.88 Å². The highest BCUT2D eigenvalue weighted by Crippen LogP contribution is 2.25. The topological polar surface area (TPSA) is 72.4 Å². The van der Waals surface area contributed by atoms with E-state index in [2.05, 4.69) is 4.98 Å². The number of carbonyl (C=O) groups is 1. The van der Waals surface area contributed by atoms with Crippen LogP contribution in [0, 0.1) is 11.6 Å². The fourth-order valence-corrected chi connectivity index (χ4v) is 3.17. The molecule has 5 nitrogen and oxygen atoms in total. The number of nitrogens with zero attached hydrogens (tertiary/aromatic N) is 2. The summed E-state index contributed by atoms with van der Waals surface area (Å²) in [5.41, 5.74) is 5.89. The largest absolute Gasteiger partial charge is 0.441 e. The summed E-state index contributed by atoms with van der Waals surface area (Å²) in [6.07, 6.45) is 5.01. The van der Waals surface area contributed by atoms with Crippen molar-refractivity contribution in [2.45, 2.75) is 38.1 Å². The summed E-state index contributed by atoms with van der Waals surface area (Å²) < 4.78 is 32.3. The van der Waals surface area contributed by atoms with Crippen LogP contribution in [0.3, 0.4) is 0 Å². The van der Waals surface area contributed by atoms with E-state index in [1.807, 2.05) is 4.90 Å². The molecule has 1 aliphatic heterocycles. The van der Waals surface area contributed by atoms with Gasteiger partial charge in [0.1, 0.15) is 11.6 Å². The summed E-state index contributed by atoms with van der Waals surface area (Å²) in [6.45, 7) is 1.21. The molecule has 1 aromatic carbocycles. The van der Waals surface area contributed by atoms with Crippen LogP contribution in [0.5, 0.6) is 0 Å². The third kappa shape index (κ3) is 5.64. The van der Waals surface area contributed by atoms with E-state index in [-0.39, 0.29) is 54.5 Å². The molecule has 1 atom stereocenters. The number of oxazole rings is 1. The number of nitrogens with two attached hydrogens (primary N) is 1. The van der Waals surface area contributed by atoms with Gasteiger partial charge in [0.25, 0.3) is 0 Å². The van der Waals surface area contributed by atoms with Crippen molar-refractivity contribution < 1.29 is 18.0 Å². The number of piperidine rings is 1. The lowest BCUT2D eigenvalue weighted by Crippen LogP contribution is -2.47. The summed E-state index contributed by atoms with van der Waals surface area (Å²) in [5, 5.41) is 0. The number of aromatic nitrogens is 1. The van der Waals surface area contributed by atoms with Crippen molar-refractivity contribution in [3.05, 3.63) is 41.9 Å². The standard InChI is InChI=1S/C18H21F2N3O2.2ClH/c19-12-4-5-14(15(20)9-12)16-11-22-17(25-16)6-7-18(24)23-8-2-1-3-13(23)10-21;;/h4-5,9,11,13H,1-3,6-8,10,21H2;2*1H. The Morgan fingerprint density at radius 2 is 2.07 bits per heavy atom. The molecule has 0 radical (unpaired) electrons. The molecule has 0 aliphatic carbocycles. The quantitative estimate of drug-likeness (QED) is 0.797. The van der Waals surface area contributed by atoms with Crippen LogP contribution in [-0.2, 0) is 11.2 Å². The average Bonchev–Trinajstić information content (AvgIpc) is 3.08. The number of amides is 1. The first kappa shape index (κ1) is 23.3. The number of hydrogen-bond acceptors (Lipinski definition) is 4. The molecule has 2 heterocycles. The summed E-state index contributed by atoms with van der Waals surface area (Å²) in [6, 6.07) is 3.37. The van der Waals surface area contributed by atoms with Crippen LogP contribution in [0.15, 0.2) is 28.8 Å². The Labute approximate surface area is 169 Å². The predicted octanol–water partition coefficient (Wildman–Crippen LogP) is 3.74. The maximum absolute atomic E-state index is 13.8. The zero-order valence-electron chi connectivity index (χ0n) is 14.7. The third-order valence-electron chi connectivity index (χ3n) is 4.52. The van der Waals surface area contributed by atoms with Crippen LogP contribution in [0.2, 0.25) is 0 Å². The number of likely N-dealkylation sites (tertiary alicyclic amines) is 1. The zero-order chi connectivity index (χ0) is 17.8. The van der Waals surface area contributed by atoms with Crippen molar-refractivity contribution in [3.63, 3.8) is 0 Å². The number of rotatable bonds is 5. The van der Waals surface area contributed by atoms with Crippen molar-refractivity contribution >= 4 is 30.7 Å². The van der Waals surface area contributed by atoms with Crippen LogP contribution in [-0.4, -0.2) is 34.9 Å². The van der Waals surface area contributed by atoms with Gasteiger partial charge in [0, 0.05) is 38.0 Å². The minimum atomic E-state index is -0.710. The van der Waals surface area contributed by atoms with E-state index in [4.69, 9.17) is 10.2 Å². The van der Waals surface area contributed by atoms with Crippen molar-refractivity contribution in [1.29, 1.82) is 0 Å². The second-order valence-electron chi connectivity index (χ2n) is 6.21. The fraction of sp³-hybridized carbons (Fsp3) is 0.444. The van der Waals surface area contributed by atoms with Crippen LogP contribution in [0.25, 0.3) is 11.3 Å². The van der Waals surface area contributed by atoms with E-state index in [1.165, 1.54) is 12.3 Å². The molecule has 0 saturated carbocycles. The van der Waals surface area contributed by atoms with Gasteiger partial charge in [-0.1, -0.05) is 0 Å². The van der Waals surface area contributed by atoms with Gasteiger partial charge in [0.15, 0.2) is 11.7 Å². The Morgan fingerprint density at radius 1 is 1.30 bits per heavy atom. The fourth-order valence-electron chi connectivity index (χ4n) is 3.17. The van der Waals surface area contributed by atoms with Crippen LogP contribution in [0.1, 0.15) is 31.6 Å². The van der Waals surface area contributed by atoms with Gasteiger partial charge < -0.3 is 15.1 Å². The van der Waals surface area contributed by atoms with E-state index in [0.717, 1.165) is 37.9 Å². The molecule has 0 spiro atoms. The van der Waals surface area contributed by atoms with Crippen molar-refractivity contribution in [2.24, 2.45) is 5.73 Å². The molecule has 9 heteroatoms. The van der Waals surface area contributed by atoms with E-state index in [9.17, 15) is 13.6 Å². The van der Waals surface area contributed by atoms with Gasteiger partial charge in [-0.25, -0.2) is 13.8 Å². The number of benzene rings is 1. The second-order valence-corrected chi connectivity index (χ2v) is 6.21. The molecule has 1 fully saturated rings. The van der Waals surface area contributed by atoms with Crippen LogP contribution in [0.4, 0.5) is 8.78 Å². The highest BCUT2D eigenvalue weighted by molar-refractivity contribution is 5.85. The first-order valence-electron chi connectivity index (χ1n) is 8.48. The molecule has 3 rings (SSSR count). The summed E-state index contributed by atoms with van der Waals surface area (Å²) >= 11 is 0. The second kappa shape index (κ2) is 10.6. The third-order valence-corrected chi connectivity index (χ3v) is 4.52. The Morgan fingerprint density at radius 3 is 2.78 bits per heavy atom. The molecule has 1 aliphatic rings. The minimum Gasteiger partial charge on any atom is -0.441 e. The lowest BCUT2D eigenvalue weighted by atomic mass is 10.0. The van der Waals surface area contributed by atoms with Gasteiger partial charge in [-0.2, -0.15) is 0 Å². The van der Waals surface area contributed by atoms with Crippen molar-refractivity contribution in [2.75, 3.05) is 13.1 Å². The van der Waals surface area contributed by atoms with Crippen LogP contribution < -0.4 is 5.73 Å². The van der Waals surface area contributed by atoms with Gasteiger partial charge >= 0.3 is 0 Å².